The maximum Gasteiger partial charge on any atom is 0.256 e. The van der Waals surface area contributed by atoms with E-state index in [4.69, 9.17) is 14.8 Å². The molecule has 3 aromatic heterocycles. The molecule has 2 aliphatic heterocycles. The number of nitrogens with zero attached hydrogens (tertiary/aromatic N) is 8. The van der Waals surface area contributed by atoms with Crippen molar-refractivity contribution in [3.05, 3.63) is 30.7 Å². The third-order valence-electron chi connectivity index (χ3n) is 6.81. The van der Waals surface area contributed by atoms with Crippen LogP contribution in [0.2, 0.25) is 0 Å². The van der Waals surface area contributed by atoms with Gasteiger partial charge in [0.05, 0.1) is 37.3 Å². The van der Waals surface area contributed by atoms with Gasteiger partial charge >= 0.3 is 0 Å². The van der Waals surface area contributed by atoms with Gasteiger partial charge in [-0.25, -0.2) is 9.50 Å². The summed E-state index contributed by atoms with van der Waals surface area (Å²) in [6.07, 6.45) is 6.08. The number of nitrogens with one attached hydrogen (secondary N) is 2. The van der Waals surface area contributed by atoms with Crippen LogP contribution < -0.4 is 20.3 Å². The van der Waals surface area contributed by atoms with Crippen molar-refractivity contribution in [1.29, 1.82) is 0 Å². The Hall–Kier alpha value is -3.67. The Morgan fingerprint density at radius 3 is 2.83 bits per heavy atom. The van der Waals surface area contributed by atoms with E-state index >= 15 is 0 Å². The largest absolute Gasteiger partial charge is 0.478 e. The first kappa shape index (κ1) is 23.1. The number of aromatic nitrogens is 6. The summed E-state index contributed by atoms with van der Waals surface area (Å²) >= 11 is 0. The van der Waals surface area contributed by atoms with Gasteiger partial charge in [0.25, 0.3) is 5.88 Å². The molecule has 12 nitrogen and oxygen atoms in total. The molecular weight excluding hydrogens is 448 g/mol. The maximum absolute atomic E-state index is 11.9. The molecule has 5 heterocycles. The van der Waals surface area contributed by atoms with Gasteiger partial charge in [-0.2, -0.15) is 4.98 Å². The second kappa shape index (κ2) is 9.17. The van der Waals surface area contributed by atoms with Crippen LogP contribution in [0.5, 0.6) is 5.88 Å². The van der Waals surface area contributed by atoms with Crippen molar-refractivity contribution in [2.45, 2.75) is 32.4 Å². The molecule has 1 amide bonds. The maximum atomic E-state index is 11.9. The fraction of sp³-hybridized carbons (Fsp3) is 0.522. The number of hydrogen-bond acceptors (Lipinski definition) is 9. The Bertz CT molecular complexity index is 1250. The van der Waals surface area contributed by atoms with Crippen LogP contribution in [0.4, 0.5) is 17.5 Å². The van der Waals surface area contributed by atoms with E-state index in [0.717, 1.165) is 37.4 Å². The molecule has 3 unspecified atom stereocenters. The molecule has 35 heavy (non-hydrogen) atoms. The highest BCUT2D eigenvalue weighted by Crippen LogP contribution is 2.32. The van der Waals surface area contributed by atoms with Crippen LogP contribution in [0.25, 0.3) is 5.65 Å². The fourth-order valence-corrected chi connectivity index (χ4v) is 4.81. The van der Waals surface area contributed by atoms with Gasteiger partial charge in [-0.05, 0) is 38.9 Å². The molecule has 186 valence electrons. The van der Waals surface area contributed by atoms with Gasteiger partial charge in [-0.3, -0.25) is 9.48 Å². The number of anilines is 3. The van der Waals surface area contributed by atoms with Gasteiger partial charge in [-0.15, -0.1) is 10.2 Å². The molecule has 0 aliphatic carbocycles. The zero-order chi connectivity index (χ0) is 24.7. The van der Waals surface area contributed by atoms with Crippen LogP contribution in [0.3, 0.4) is 0 Å². The lowest BCUT2D eigenvalue weighted by atomic mass is 10.1. The topological polar surface area (TPSA) is 118 Å². The van der Waals surface area contributed by atoms with Crippen molar-refractivity contribution in [3.8, 4) is 5.88 Å². The first-order chi connectivity index (χ1) is 16.9. The highest BCUT2D eigenvalue weighted by Gasteiger charge is 2.33. The Labute approximate surface area is 204 Å². The SMILES string of the molecule is C=CC(=O)NC1CN(c2nc(Nc3cn(C4CCN(C)C4)nc3OC)c3ncc(C)n3n2)CC1C. The zero-order valence-corrected chi connectivity index (χ0v) is 20.6. The number of ether oxygens (including phenoxy) is 1. The smallest absolute Gasteiger partial charge is 0.256 e. The number of aryl methyl sites for hydroxylation is 1. The minimum absolute atomic E-state index is 0.0111. The van der Waals surface area contributed by atoms with Gasteiger partial charge in [-0.1, -0.05) is 13.5 Å². The number of carbonyl (C=O) groups excluding carboxylic acids is 1. The van der Waals surface area contributed by atoms with Crippen molar-refractivity contribution in [2.75, 3.05) is 50.6 Å². The Morgan fingerprint density at radius 2 is 2.11 bits per heavy atom. The van der Waals surface area contributed by atoms with Crippen molar-refractivity contribution in [2.24, 2.45) is 5.92 Å². The summed E-state index contributed by atoms with van der Waals surface area (Å²) in [5.74, 6) is 1.69. The molecular formula is C23H32N10O2. The van der Waals surface area contributed by atoms with Gasteiger partial charge in [0, 0.05) is 19.6 Å². The number of hydrogen-bond donors (Lipinski definition) is 2. The van der Waals surface area contributed by atoms with E-state index in [1.54, 1.807) is 17.8 Å². The summed E-state index contributed by atoms with van der Waals surface area (Å²) in [5, 5.41) is 15.8. The van der Waals surface area contributed by atoms with E-state index in [2.05, 4.69) is 51.1 Å². The number of fused-ring (bicyclic) bond motifs is 1. The van der Waals surface area contributed by atoms with Crippen LogP contribution >= 0.6 is 0 Å². The highest BCUT2D eigenvalue weighted by atomic mass is 16.5. The number of likely N-dealkylation sites (N-methyl/N-ethyl adjacent to an activating group) is 1. The van der Waals surface area contributed by atoms with Gasteiger partial charge < -0.3 is 25.2 Å². The third-order valence-corrected chi connectivity index (χ3v) is 6.81. The average molecular weight is 481 g/mol. The summed E-state index contributed by atoms with van der Waals surface area (Å²) in [6.45, 7) is 10.9. The number of imidazole rings is 1. The third kappa shape index (κ3) is 4.41. The average Bonchev–Trinajstić information content (AvgIpc) is 3.62. The van der Waals surface area contributed by atoms with Crippen molar-refractivity contribution in [1.82, 2.24) is 39.6 Å². The van der Waals surface area contributed by atoms with Crippen molar-refractivity contribution in [3.63, 3.8) is 0 Å². The van der Waals surface area contributed by atoms with Gasteiger partial charge in [0.2, 0.25) is 11.9 Å². The molecule has 0 radical (unpaired) electrons. The van der Waals surface area contributed by atoms with E-state index < -0.39 is 0 Å². The summed E-state index contributed by atoms with van der Waals surface area (Å²) in [5.41, 5.74) is 2.23. The monoisotopic (exact) mass is 480 g/mol. The molecule has 0 saturated carbocycles. The minimum Gasteiger partial charge on any atom is -0.478 e. The second-order valence-corrected chi connectivity index (χ2v) is 9.46. The highest BCUT2D eigenvalue weighted by molar-refractivity contribution is 5.87. The predicted molar refractivity (Wildman–Crippen MR) is 132 cm³/mol. The summed E-state index contributed by atoms with van der Waals surface area (Å²) in [4.78, 5) is 25.6. The van der Waals surface area contributed by atoms with E-state index in [1.165, 1.54) is 6.08 Å². The zero-order valence-electron chi connectivity index (χ0n) is 20.6. The lowest BCUT2D eigenvalue weighted by molar-refractivity contribution is -0.117. The van der Waals surface area contributed by atoms with Crippen molar-refractivity contribution < 1.29 is 9.53 Å². The predicted octanol–water partition coefficient (Wildman–Crippen LogP) is 1.38. The Balaban J connectivity index is 1.46. The standard InChI is InChI=1S/C23H32N10O2/c1-6-19(34)25-17-12-31(10-14(17)2)23-27-20(21-24-9-15(3)33(21)29-23)26-18-13-32(28-22(18)35-5)16-7-8-30(4)11-16/h6,9,13-14,16-17H,1,7-8,10-12H2,2-5H3,(H,25,34)(H,26,27,29). The summed E-state index contributed by atoms with van der Waals surface area (Å²) in [7, 11) is 3.73. The molecule has 12 heteroatoms. The number of amides is 1. The lowest BCUT2D eigenvalue weighted by Crippen LogP contribution is -2.39. The number of rotatable bonds is 7. The number of methoxy groups -OCH3 is 1. The second-order valence-electron chi connectivity index (χ2n) is 9.46. The van der Waals surface area contributed by atoms with E-state index in [1.807, 2.05) is 17.8 Å². The molecule has 3 atom stereocenters. The van der Waals surface area contributed by atoms with E-state index in [-0.39, 0.29) is 17.9 Å². The van der Waals surface area contributed by atoms with Crippen LogP contribution in [0, 0.1) is 12.8 Å². The quantitative estimate of drug-likeness (QED) is 0.484. The fourth-order valence-electron chi connectivity index (χ4n) is 4.81. The molecule has 0 aromatic carbocycles. The number of likely N-dealkylation sites (tertiary alicyclic amines) is 1. The molecule has 2 aliphatic rings. The first-order valence-electron chi connectivity index (χ1n) is 11.8. The Kier molecular flexibility index (Phi) is 6.05. The molecule has 3 aromatic rings. The Morgan fingerprint density at radius 1 is 1.29 bits per heavy atom. The molecule has 2 fully saturated rings. The van der Waals surface area contributed by atoms with Crippen LogP contribution in [0.15, 0.2) is 25.0 Å². The molecule has 2 N–H and O–H groups in total. The summed E-state index contributed by atoms with van der Waals surface area (Å²) < 4.78 is 9.32. The number of carbonyl (C=O) groups is 1. The van der Waals surface area contributed by atoms with E-state index in [9.17, 15) is 4.79 Å². The lowest BCUT2D eigenvalue weighted by Gasteiger charge is -2.18. The van der Waals surface area contributed by atoms with Gasteiger partial charge in [0.15, 0.2) is 11.5 Å². The summed E-state index contributed by atoms with van der Waals surface area (Å²) in [6, 6.07) is 0.288. The van der Waals surface area contributed by atoms with Crippen molar-refractivity contribution >= 4 is 29.0 Å². The van der Waals surface area contributed by atoms with Crippen LogP contribution in [-0.4, -0.2) is 86.5 Å². The molecule has 2 saturated heterocycles. The molecule has 0 spiro atoms. The first-order valence-corrected chi connectivity index (χ1v) is 11.8. The van der Waals surface area contributed by atoms with Crippen LogP contribution in [-0.2, 0) is 4.79 Å². The van der Waals surface area contributed by atoms with Gasteiger partial charge in [0.1, 0.15) is 5.69 Å². The minimum atomic E-state index is -0.176. The molecule has 0 bridgehead atoms. The molecule has 5 rings (SSSR count). The van der Waals surface area contributed by atoms with Crippen LogP contribution in [0.1, 0.15) is 25.1 Å². The van der Waals surface area contributed by atoms with E-state index in [0.29, 0.717) is 35.9 Å². The normalized spacial score (nSPS) is 22.6.